The van der Waals surface area contributed by atoms with Crippen molar-refractivity contribution in [2.24, 2.45) is 0 Å². The maximum Gasteiger partial charge on any atom is 0.251 e. The Morgan fingerprint density at radius 1 is 0.886 bits per heavy atom. The number of carbonyl (C=O) groups is 2. The van der Waals surface area contributed by atoms with E-state index in [1.54, 1.807) is 31.4 Å². The highest BCUT2D eigenvalue weighted by Crippen LogP contribution is 2.20. The number of ether oxygens (including phenoxy) is 1. The van der Waals surface area contributed by atoms with E-state index in [2.05, 4.69) is 27.6 Å². The summed E-state index contributed by atoms with van der Waals surface area (Å²) in [6, 6.07) is 26.3. The van der Waals surface area contributed by atoms with Gasteiger partial charge in [-0.25, -0.2) is 0 Å². The molecule has 1 amide bonds. The summed E-state index contributed by atoms with van der Waals surface area (Å²) in [5, 5.41) is 12.2. The van der Waals surface area contributed by atoms with Crippen molar-refractivity contribution in [1.29, 1.82) is 0 Å². The van der Waals surface area contributed by atoms with Gasteiger partial charge in [0.25, 0.3) is 5.91 Å². The van der Waals surface area contributed by atoms with Crippen molar-refractivity contribution in [3.63, 3.8) is 0 Å². The van der Waals surface area contributed by atoms with Crippen LogP contribution in [0, 0.1) is 0 Å². The first-order chi connectivity index (χ1) is 17.1. The van der Waals surface area contributed by atoms with E-state index in [1.165, 1.54) is 17.3 Å². The van der Waals surface area contributed by atoms with Gasteiger partial charge in [0, 0.05) is 17.7 Å². The number of carbonyl (C=O) groups excluding carboxylic acids is 2. The summed E-state index contributed by atoms with van der Waals surface area (Å²) in [6.45, 7) is 0.854. The molecule has 4 rings (SSSR count). The zero-order chi connectivity index (χ0) is 24.5. The summed E-state index contributed by atoms with van der Waals surface area (Å²) in [5.41, 5.74) is 2.39. The summed E-state index contributed by atoms with van der Waals surface area (Å²) >= 11 is 1.35. The van der Waals surface area contributed by atoms with Gasteiger partial charge in [-0.2, -0.15) is 0 Å². The second-order valence-electron chi connectivity index (χ2n) is 7.78. The predicted molar refractivity (Wildman–Crippen MR) is 136 cm³/mol. The molecule has 1 aromatic heterocycles. The molecule has 0 saturated carbocycles. The molecule has 35 heavy (non-hydrogen) atoms. The topological polar surface area (TPSA) is 86.1 Å². The smallest absolute Gasteiger partial charge is 0.251 e. The monoisotopic (exact) mass is 486 g/mol. The number of aromatic nitrogens is 3. The van der Waals surface area contributed by atoms with Crippen LogP contribution in [0.5, 0.6) is 5.75 Å². The second-order valence-corrected chi connectivity index (χ2v) is 8.72. The number of ketones is 1. The molecule has 3 aromatic carbocycles. The number of nitrogens with one attached hydrogen (secondary N) is 1. The second kappa shape index (κ2) is 12.0. The first-order valence-electron chi connectivity index (χ1n) is 11.2. The molecule has 0 bridgehead atoms. The molecule has 0 radical (unpaired) electrons. The maximum atomic E-state index is 12.6. The number of thioether (sulfide) groups is 1. The molecule has 0 spiro atoms. The first kappa shape index (κ1) is 24.2. The lowest BCUT2D eigenvalue weighted by molar-refractivity contribution is 0.0948. The number of aryl methyl sites for hydroxylation is 1. The van der Waals surface area contributed by atoms with Gasteiger partial charge in [-0.15, -0.1) is 10.2 Å². The predicted octanol–water partition coefficient (Wildman–Crippen LogP) is 4.43. The summed E-state index contributed by atoms with van der Waals surface area (Å²) in [4.78, 5) is 25.2. The molecule has 0 aliphatic carbocycles. The lowest BCUT2D eigenvalue weighted by atomic mass is 10.1. The van der Waals surface area contributed by atoms with Gasteiger partial charge in [0.1, 0.15) is 5.75 Å². The van der Waals surface area contributed by atoms with Crippen LogP contribution in [-0.2, 0) is 19.5 Å². The highest BCUT2D eigenvalue weighted by Gasteiger charge is 2.16. The van der Waals surface area contributed by atoms with Crippen LogP contribution in [0.1, 0.15) is 32.1 Å². The highest BCUT2D eigenvalue weighted by molar-refractivity contribution is 7.99. The molecule has 0 fully saturated rings. The van der Waals surface area contributed by atoms with Crippen molar-refractivity contribution in [2.75, 3.05) is 12.9 Å². The molecule has 7 nitrogen and oxygen atoms in total. The molecule has 0 unspecified atom stereocenters. The van der Waals surface area contributed by atoms with Gasteiger partial charge in [-0.05, 0) is 36.2 Å². The van der Waals surface area contributed by atoms with E-state index in [1.807, 2.05) is 53.1 Å². The Morgan fingerprint density at radius 2 is 1.57 bits per heavy atom. The van der Waals surface area contributed by atoms with Gasteiger partial charge in [0.2, 0.25) is 0 Å². The molecule has 178 valence electrons. The minimum atomic E-state index is -0.210. The zero-order valence-corrected chi connectivity index (χ0v) is 20.2. The standard InChI is InChI=1S/C27H26N4O3S/c1-34-23-14-12-22(13-15-23)26(33)28-18-25-29-30-27(31(25)17-16-20-8-4-2-5-9-20)35-19-24(32)21-10-6-3-7-11-21/h2-15H,16-19H2,1H3,(H,28,33). The molecule has 8 heteroatoms. The Labute approximate surface area is 208 Å². The number of methoxy groups -OCH3 is 1. The number of nitrogens with zero attached hydrogens (tertiary/aromatic N) is 3. The van der Waals surface area contributed by atoms with Gasteiger partial charge in [0.05, 0.1) is 19.4 Å². The third-order valence-corrected chi connectivity index (χ3v) is 6.41. The van der Waals surface area contributed by atoms with Crippen LogP contribution in [0.25, 0.3) is 0 Å². The van der Waals surface area contributed by atoms with Gasteiger partial charge in [-0.3, -0.25) is 9.59 Å². The number of rotatable bonds is 11. The Hall–Kier alpha value is -3.91. The fourth-order valence-electron chi connectivity index (χ4n) is 3.51. The van der Waals surface area contributed by atoms with E-state index >= 15 is 0 Å². The van der Waals surface area contributed by atoms with Gasteiger partial charge < -0.3 is 14.6 Å². The van der Waals surface area contributed by atoms with Crippen LogP contribution >= 0.6 is 11.8 Å². The third-order valence-electron chi connectivity index (χ3n) is 5.45. The molecule has 4 aromatic rings. The zero-order valence-electron chi connectivity index (χ0n) is 19.4. The Kier molecular flexibility index (Phi) is 8.30. The van der Waals surface area contributed by atoms with E-state index in [0.29, 0.717) is 34.4 Å². The van der Waals surface area contributed by atoms with Crippen molar-refractivity contribution in [1.82, 2.24) is 20.1 Å². The highest BCUT2D eigenvalue weighted by atomic mass is 32.2. The molecular weight excluding hydrogens is 460 g/mol. The van der Waals surface area contributed by atoms with Crippen molar-refractivity contribution >= 4 is 23.5 Å². The molecule has 0 saturated heterocycles. The Balaban J connectivity index is 1.46. The largest absolute Gasteiger partial charge is 0.497 e. The van der Waals surface area contributed by atoms with Gasteiger partial charge in [0.15, 0.2) is 16.8 Å². The molecule has 0 aliphatic rings. The number of amides is 1. The minimum absolute atomic E-state index is 0.0302. The number of hydrogen-bond donors (Lipinski definition) is 1. The quantitative estimate of drug-likeness (QED) is 0.249. The SMILES string of the molecule is COc1ccc(C(=O)NCc2nnc(SCC(=O)c3ccccc3)n2CCc2ccccc2)cc1. The van der Waals surface area contributed by atoms with Crippen LogP contribution < -0.4 is 10.1 Å². The molecule has 0 atom stereocenters. The van der Waals surface area contributed by atoms with Crippen molar-refractivity contribution in [3.05, 3.63) is 107 Å². The lowest BCUT2D eigenvalue weighted by Gasteiger charge is -2.11. The van der Waals surface area contributed by atoms with Gasteiger partial charge >= 0.3 is 0 Å². The van der Waals surface area contributed by atoms with Crippen LogP contribution in [0.3, 0.4) is 0 Å². The molecule has 1 N–H and O–H groups in total. The summed E-state index contributed by atoms with van der Waals surface area (Å²) in [6.07, 6.45) is 0.776. The molecular formula is C27H26N4O3S. The Bertz CT molecular complexity index is 1260. The average molecular weight is 487 g/mol. The lowest BCUT2D eigenvalue weighted by Crippen LogP contribution is -2.25. The van der Waals surface area contributed by atoms with E-state index in [4.69, 9.17) is 4.74 Å². The number of hydrogen-bond acceptors (Lipinski definition) is 6. The minimum Gasteiger partial charge on any atom is -0.497 e. The van der Waals surface area contributed by atoms with Crippen molar-refractivity contribution in [2.45, 2.75) is 24.7 Å². The van der Waals surface area contributed by atoms with E-state index < -0.39 is 0 Å². The summed E-state index contributed by atoms with van der Waals surface area (Å²) in [7, 11) is 1.58. The Morgan fingerprint density at radius 3 is 2.26 bits per heavy atom. The normalized spacial score (nSPS) is 10.7. The van der Waals surface area contributed by atoms with Crippen LogP contribution in [-0.4, -0.2) is 39.3 Å². The third kappa shape index (κ3) is 6.58. The van der Waals surface area contributed by atoms with E-state index in [0.717, 1.165) is 6.42 Å². The first-order valence-corrected chi connectivity index (χ1v) is 12.2. The maximum absolute atomic E-state index is 12.6. The van der Waals surface area contributed by atoms with Gasteiger partial charge in [-0.1, -0.05) is 72.4 Å². The fraction of sp³-hybridized carbons (Fsp3) is 0.185. The van der Waals surface area contributed by atoms with Crippen molar-refractivity contribution in [3.8, 4) is 5.75 Å². The number of benzene rings is 3. The molecule has 1 heterocycles. The van der Waals surface area contributed by atoms with Crippen LogP contribution in [0.15, 0.2) is 90.1 Å². The summed E-state index contributed by atoms with van der Waals surface area (Å²) in [5.74, 6) is 1.40. The number of Topliss-reactive ketones (excluding diaryl/α,β-unsaturated/α-hetero) is 1. The van der Waals surface area contributed by atoms with Crippen LogP contribution in [0.4, 0.5) is 0 Å². The summed E-state index contributed by atoms with van der Waals surface area (Å²) < 4.78 is 7.12. The fourth-order valence-corrected chi connectivity index (χ4v) is 4.39. The van der Waals surface area contributed by atoms with E-state index in [-0.39, 0.29) is 24.0 Å². The van der Waals surface area contributed by atoms with Crippen LogP contribution in [0.2, 0.25) is 0 Å². The van der Waals surface area contributed by atoms with E-state index in [9.17, 15) is 9.59 Å². The average Bonchev–Trinajstić information content (AvgIpc) is 3.31. The van der Waals surface area contributed by atoms with Crippen molar-refractivity contribution < 1.29 is 14.3 Å². The molecule has 0 aliphatic heterocycles.